The van der Waals surface area contributed by atoms with E-state index in [1.165, 1.54) is 0 Å². The number of hydrogen-bond donors (Lipinski definition) is 0. The quantitative estimate of drug-likeness (QED) is 0.600. The predicted octanol–water partition coefficient (Wildman–Crippen LogP) is 2.83. The van der Waals surface area contributed by atoms with Crippen molar-refractivity contribution in [2.45, 2.75) is 108 Å². The largest absolute Gasteiger partial charge is 0.348 e. The van der Waals surface area contributed by atoms with E-state index >= 15 is 0 Å². The summed E-state index contributed by atoms with van der Waals surface area (Å²) in [6.07, 6.45) is 3.70. The Bertz CT molecular complexity index is 674. The molecule has 1 spiro atoms. The Morgan fingerprint density at radius 1 is 1.00 bits per heavy atom. The zero-order valence-corrected chi connectivity index (χ0v) is 18.6. The number of rotatable bonds is 6. The van der Waals surface area contributed by atoms with Crippen molar-refractivity contribution in [2.75, 3.05) is 13.2 Å². The van der Waals surface area contributed by atoms with Gasteiger partial charge in [0.05, 0.1) is 19.3 Å². The van der Waals surface area contributed by atoms with E-state index in [4.69, 9.17) is 33.2 Å². The summed E-state index contributed by atoms with van der Waals surface area (Å²) in [6.45, 7) is 10.1. The van der Waals surface area contributed by atoms with Crippen LogP contribution in [0.3, 0.4) is 0 Å². The zero-order chi connectivity index (χ0) is 21.6. The molecular formula is C22H34O8. The molecule has 4 fully saturated rings. The second-order valence-corrected chi connectivity index (χ2v) is 9.30. The van der Waals surface area contributed by atoms with Crippen LogP contribution in [0.5, 0.6) is 0 Å². The van der Waals surface area contributed by atoms with Crippen LogP contribution in [0.25, 0.3) is 0 Å². The van der Waals surface area contributed by atoms with E-state index in [1.807, 2.05) is 46.8 Å². The lowest BCUT2D eigenvalue weighted by Crippen LogP contribution is -2.61. The van der Waals surface area contributed by atoms with E-state index in [2.05, 4.69) is 0 Å². The molecule has 0 aliphatic carbocycles. The summed E-state index contributed by atoms with van der Waals surface area (Å²) in [4.78, 5) is 12.5. The lowest BCUT2D eigenvalue weighted by Gasteiger charge is -2.44. The Kier molecular flexibility index (Phi) is 6.13. The molecule has 0 bridgehead atoms. The van der Waals surface area contributed by atoms with Crippen molar-refractivity contribution in [3.05, 3.63) is 12.2 Å². The molecule has 0 aromatic carbocycles. The maximum atomic E-state index is 12.5. The SMILES string of the molecule is C/C=C/CCC(=O)C[C@H]1CCO[C@@]2(O1)[C@@H]([C@H]1COC(C)(C)O1)O[C@@H]1OC(C)(C)O[C@@H]12. The molecule has 0 saturated carbocycles. The maximum Gasteiger partial charge on any atom is 0.230 e. The monoisotopic (exact) mass is 426 g/mol. The summed E-state index contributed by atoms with van der Waals surface area (Å²) in [5, 5.41) is 0. The summed E-state index contributed by atoms with van der Waals surface area (Å²) in [6, 6.07) is 0. The van der Waals surface area contributed by atoms with Gasteiger partial charge < -0.3 is 33.2 Å². The first-order valence-electron chi connectivity index (χ1n) is 10.9. The van der Waals surface area contributed by atoms with Crippen LogP contribution in [-0.2, 0) is 38.0 Å². The van der Waals surface area contributed by atoms with Gasteiger partial charge in [0.25, 0.3) is 0 Å². The van der Waals surface area contributed by atoms with Gasteiger partial charge in [0.2, 0.25) is 5.79 Å². The lowest BCUT2D eigenvalue weighted by atomic mass is 9.97. The van der Waals surface area contributed by atoms with Crippen molar-refractivity contribution in [3.63, 3.8) is 0 Å². The molecule has 8 nitrogen and oxygen atoms in total. The molecule has 30 heavy (non-hydrogen) atoms. The Hall–Kier alpha value is -0.870. The minimum Gasteiger partial charge on any atom is -0.348 e. The van der Waals surface area contributed by atoms with Gasteiger partial charge in [-0.1, -0.05) is 12.2 Å². The Labute approximate surface area is 178 Å². The number of hydrogen-bond acceptors (Lipinski definition) is 8. The summed E-state index contributed by atoms with van der Waals surface area (Å²) in [5.74, 6) is -2.57. The van der Waals surface area contributed by atoms with Crippen molar-refractivity contribution < 1.29 is 38.0 Å². The standard InChI is InChI=1S/C22H34O8/c1-6-7-8-9-14(23)12-15-10-11-24-22(27-15)17(16-13-25-20(2,3)28-16)26-19-18(22)29-21(4,5)30-19/h6-7,15-19H,8-13H2,1-5H3/b7-6+/t15-,16-,17-,18+,19-,22-/m1/s1. The molecule has 4 aliphatic heterocycles. The zero-order valence-electron chi connectivity index (χ0n) is 18.6. The van der Waals surface area contributed by atoms with Gasteiger partial charge in [-0.3, -0.25) is 4.79 Å². The number of ether oxygens (including phenoxy) is 7. The molecule has 4 heterocycles. The van der Waals surface area contributed by atoms with E-state index in [0.717, 1.165) is 6.42 Å². The molecule has 4 saturated heterocycles. The van der Waals surface area contributed by atoms with Crippen LogP contribution in [0.4, 0.5) is 0 Å². The van der Waals surface area contributed by atoms with E-state index < -0.39 is 42.0 Å². The molecular weight excluding hydrogens is 392 g/mol. The highest BCUT2D eigenvalue weighted by atomic mass is 16.9. The maximum absolute atomic E-state index is 12.5. The summed E-state index contributed by atoms with van der Waals surface area (Å²) in [7, 11) is 0. The number of carbonyl (C=O) groups is 1. The van der Waals surface area contributed by atoms with Gasteiger partial charge in [-0.25, -0.2) is 0 Å². The highest BCUT2D eigenvalue weighted by molar-refractivity contribution is 5.79. The number of ketones is 1. The first kappa shape index (κ1) is 22.3. The second-order valence-electron chi connectivity index (χ2n) is 9.30. The Morgan fingerprint density at radius 3 is 2.50 bits per heavy atom. The number of allylic oxidation sites excluding steroid dienone is 2. The predicted molar refractivity (Wildman–Crippen MR) is 105 cm³/mol. The van der Waals surface area contributed by atoms with Gasteiger partial charge in [0.1, 0.15) is 18.0 Å². The van der Waals surface area contributed by atoms with Crippen LogP contribution in [0.2, 0.25) is 0 Å². The second kappa shape index (κ2) is 8.24. The van der Waals surface area contributed by atoms with E-state index in [1.54, 1.807) is 0 Å². The fourth-order valence-corrected chi connectivity index (χ4v) is 4.63. The minimum absolute atomic E-state index is 0.174. The highest BCUT2D eigenvalue weighted by Gasteiger charge is 2.70. The molecule has 8 heteroatoms. The fourth-order valence-electron chi connectivity index (χ4n) is 4.63. The van der Waals surface area contributed by atoms with Gasteiger partial charge in [-0.05, 0) is 47.5 Å². The molecule has 0 amide bonds. The molecule has 0 radical (unpaired) electrons. The molecule has 0 N–H and O–H groups in total. The van der Waals surface area contributed by atoms with E-state index in [0.29, 0.717) is 32.5 Å². The number of Topliss-reactive ketones (excluding diaryl/α,β-unsaturated/α-hetero) is 1. The number of fused-ring (bicyclic) bond motifs is 2. The number of carbonyl (C=O) groups excluding carboxylic acids is 1. The topological polar surface area (TPSA) is 81.7 Å². The van der Waals surface area contributed by atoms with Gasteiger partial charge >= 0.3 is 0 Å². The third-order valence-corrected chi connectivity index (χ3v) is 5.90. The van der Waals surface area contributed by atoms with Gasteiger partial charge in [0.15, 0.2) is 24.0 Å². The minimum atomic E-state index is -1.21. The highest BCUT2D eigenvalue weighted by Crippen LogP contribution is 2.50. The van der Waals surface area contributed by atoms with Crippen LogP contribution in [0, 0.1) is 0 Å². The van der Waals surface area contributed by atoms with Crippen molar-refractivity contribution >= 4 is 5.78 Å². The summed E-state index contributed by atoms with van der Waals surface area (Å²) >= 11 is 0. The molecule has 0 aromatic rings. The van der Waals surface area contributed by atoms with Crippen LogP contribution >= 0.6 is 0 Å². The average molecular weight is 427 g/mol. The molecule has 0 unspecified atom stereocenters. The Morgan fingerprint density at radius 2 is 1.80 bits per heavy atom. The first-order valence-corrected chi connectivity index (χ1v) is 10.9. The summed E-state index contributed by atoms with van der Waals surface area (Å²) < 4.78 is 42.9. The van der Waals surface area contributed by atoms with E-state index in [-0.39, 0.29) is 11.9 Å². The van der Waals surface area contributed by atoms with Crippen molar-refractivity contribution in [2.24, 2.45) is 0 Å². The van der Waals surface area contributed by atoms with E-state index in [9.17, 15) is 4.79 Å². The van der Waals surface area contributed by atoms with Crippen LogP contribution in [0.15, 0.2) is 12.2 Å². The third-order valence-electron chi connectivity index (χ3n) is 5.90. The van der Waals surface area contributed by atoms with Crippen LogP contribution < -0.4 is 0 Å². The van der Waals surface area contributed by atoms with Crippen LogP contribution in [-0.4, -0.2) is 67.1 Å². The van der Waals surface area contributed by atoms with Crippen LogP contribution in [0.1, 0.15) is 60.3 Å². The fraction of sp³-hybridized carbons (Fsp3) is 0.864. The third kappa shape index (κ3) is 4.37. The smallest absolute Gasteiger partial charge is 0.230 e. The van der Waals surface area contributed by atoms with Crippen molar-refractivity contribution in [1.29, 1.82) is 0 Å². The van der Waals surface area contributed by atoms with Crippen molar-refractivity contribution in [1.82, 2.24) is 0 Å². The molecule has 6 atom stereocenters. The first-order chi connectivity index (χ1) is 14.1. The molecule has 4 rings (SSSR count). The molecule has 4 aliphatic rings. The molecule has 170 valence electrons. The van der Waals surface area contributed by atoms with Gasteiger partial charge in [-0.15, -0.1) is 0 Å². The van der Waals surface area contributed by atoms with Gasteiger partial charge in [-0.2, -0.15) is 0 Å². The van der Waals surface area contributed by atoms with Crippen molar-refractivity contribution in [3.8, 4) is 0 Å². The lowest BCUT2D eigenvalue weighted by molar-refractivity contribution is -0.360. The molecule has 0 aromatic heterocycles. The normalized spacial score (nSPS) is 42.2. The van der Waals surface area contributed by atoms with Gasteiger partial charge in [0, 0.05) is 12.8 Å². The Balaban J connectivity index is 1.52. The summed E-state index contributed by atoms with van der Waals surface area (Å²) in [5.41, 5.74) is 0. The average Bonchev–Trinajstić information content (AvgIpc) is 3.25.